The van der Waals surface area contributed by atoms with Gasteiger partial charge >= 0.3 is 6.03 Å². The third-order valence-corrected chi connectivity index (χ3v) is 5.07. The molecule has 0 aromatic carbocycles. The highest BCUT2D eigenvalue weighted by Crippen LogP contribution is 2.14. The van der Waals surface area contributed by atoms with Gasteiger partial charge < -0.3 is 15.5 Å². The minimum Gasteiger partial charge on any atom is -0.337 e. The lowest BCUT2D eigenvalue weighted by molar-refractivity contribution is 0.217. The minimum absolute atomic E-state index is 0.109. The van der Waals surface area contributed by atoms with E-state index in [1.807, 2.05) is 0 Å². The second kappa shape index (κ2) is 6.94. The lowest BCUT2D eigenvalue weighted by atomic mass is 10.3. The van der Waals surface area contributed by atoms with Gasteiger partial charge in [0, 0.05) is 33.7 Å². The smallest absolute Gasteiger partial charge is 0.316 e. The molecule has 0 aliphatic rings. The lowest BCUT2D eigenvalue weighted by Gasteiger charge is -2.19. The normalized spacial score (nSPS) is 12.3. The van der Waals surface area contributed by atoms with Crippen molar-refractivity contribution in [2.24, 2.45) is 0 Å². The number of hydrogen-bond acceptors (Lipinski definition) is 4. The Morgan fingerprint density at radius 2 is 1.67 bits per heavy atom. The Hall–Kier alpha value is -0.820. The van der Waals surface area contributed by atoms with Crippen molar-refractivity contribution in [3.63, 3.8) is 0 Å². The average Bonchev–Trinajstić information content (AvgIpc) is 2.20. The largest absolute Gasteiger partial charge is 0.337 e. The van der Waals surface area contributed by atoms with Gasteiger partial charge in [-0.25, -0.2) is 13.2 Å². The number of nitrogens with one attached hydrogen (secondary N) is 2. The third kappa shape index (κ3) is 6.20. The molecule has 0 bridgehead atoms. The summed E-state index contributed by atoms with van der Waals surface area (Å²) in [6.07, 6.45) is 0. The number of nitrogens with zero attached hydrogens (tertiary/aromatic N) is 1. The summed E-state index contributed by atoms with van der Waals surface area (Å²) < 4.78 is 22.8. The van der Waals surface area contributed by atoms with Crippen LogP contribution < -0.4 is 10.6 Å². The van der Waals surface area contributed by atoms with Crippen LogP contribution in [0.25, 0.3) is 0 Å². The van der Waals surface area contributed by atoms with Crippen molar-refractivity contribution >= 4 is 15.9 Å². The summed E-state index contributed by atoms with van der Waals surface area (Å²) in [6, 6.07) is -0.154. The summed E-state index contributed by atoms with van der Waals surface area (Å²) >= 11 is 0. The number of urea groups is 1. The molecule has 0 spiro atoms. The van der Waals surface area contributed by atoms with E-state index in [2.05, 4.69) is 10.6 Å². The van der Waals surface area contributed by atoms with Crippen LogP contribution in [0.5, 0.6) is 0 Å². The number of sulfone groups is 1. The second-order valence-electron chi connectivity index (χ2n) is 5.31. The molecule has 6 nitrogen and oxygen atoms in total. The van der Waals surface area contributed by atoms with E-state index >= 15 is 0 Å². The molecule has 0 aromatic heterocycles. The van der Waals surface area contributed by atoms with E-state index in [4.69, 9.17) is 0 Å². The average molecular weight is 279 g/mol. The first kappa shape index (κ1) is 17.2. The zero-order valence-corrected chi connectivity index (χ0v) is 12.7. The number of rotatable bonds is 6. The van der Waals surface area contributed by atoms with Crippen LogP contribution in [0.4, 0.5) is 4.79 Å². The Morgan fingerprint density at radius 1 is 1.11 bits per heavy atom. The third-order valence-electron chi connectivity index (χ3n) is 2.46. The Balaban J connectivity index is 3.74. The van der Waals surface area contributed by atoms with Crippen molar-refractivity contribution in [2.45, 2.75) is 25.5 Å². The molecular formula is C11H25N3O3S. The van der Waals surface area contributed by atoms with Crippen molar-refractivity contribution in [2.75, 3.05) is 39.5 Å². The van der Waals surface area contributed by atoms with E-state index in [1.165, 1.54) is 4.90 Å². The van der Waals surface area contributed by atoms with Gasteiger partial charge in [-0.2, -0.15) is 0 Å². The molecule has 0 radical (unpaired) electrons. The highest BCUT2D eigenvalue weighted by molar-refractivity contribution is 7.92. The molecule has 0 rings (SSSR count). The highest BCUT2D eigenvalue weighted by Gasteiger charge is 2.27. The van der Waals surface area contributed by atoms with Crippen molar-refractivity contribution < 1.29 is 13.2 Å². The van der Waals surface area contributed by atoms with E-state index in [-0.39, 0.29) is 11.8 Å². The van der Waals surface area contributed by atoms with Crippen molar-refractivity contribution in [3.05, 3.63) is 0 Å². The molecule has 0 aliphatic carbocycles. The fourth-order valence-corrected chi connectivity index (χ4v) is 2.08. The Morgan fingerprint density at radius 3 is 2.11 bits per heavy atom. The molecule has 0 saturated heterocycles. The van der Waals surface area contributed by atoms with Crippen molar-refractivity contribution in [1.82, 2.24) is 15.5 Å². The van der Waals surface area contributed by atoms with Crippen LogP contribution >= 0.6 is 0 Å². The number of carbonyl (C=O) groups is 1. The molecule has 0 fully saturated rings. The summed E-state index contributed by atoms with van der Waals surface area (Å²) in [5.74, 6) is 0.109. The molecule has 2 N–H and O–H groups in total. The van der Waals surface area contributed by atoms with E-state index < -0.39 is 14.6 Å². The Kier molecular flexibility index (Phi) is 6.62. The fraction of sp³-hybridized carbons (Fsp3) is 0.909. The SMILES string of the molecule is CN(C)C(=O)NCCNCCS(=O)(=O)C(C)(C)C. The molecular weight excluding hydrogens is 254 g/mol. The van der Waals surface area contributed by atoms with Gasteiger partial charge in [0.1, 0.15) is 0 Å². The van der Waals surface area contributed by atoms with Gasteiger partial charge in [-0.3, -0.25) is 0 Å². The molecule has 0 unspecified atom stereocenters. The molecule has 0 aromatic rings. The molecule has 0 heterocycles. The molecule has 108 valence electrons. The molecule has 0 aliphatic heterocycles. The molecule has 2 amide bonds. The first-order valence-corrected chi connectivity index (χ1v) is 7.61. The van der Waals surface area contributed by atoms with Crippen LogP contribution in [-0.4, -0.2) is 63.6 Å². The molecule has 0 atom stereocenters. The molecule has 0 saturated carbocycles. The van der Waals surface area contributed by atoms with Gasteiger partial charge in [0.25, 0.3) is 0 Å². The topological polar surface area (TPSA) is 78.5 Å². The highest BCUT2D eigenvalue weighted by atomic mass is 32.2. The van der Waals surface area contributed by atoms with E-state index in [9.17, 15) is 13.2 Å². The predicted octanol–water partition coefficient (Wildman–Crippen LogP) is 0.0605. The quantitative estimate of drug-likeness (QED) is 0.674. The predicted molar refractivity (Wildman–Crippen MR) is 73.5 cm³/mol. The zero-order valence-electron chi connectivity index (χ0n) is 11.9. The maximum atomic E-state index is 11.8. The maximum absolute atomic E-state index is 11.8. The van der Waals surface area contributed by atoms with Gasteiger partial charge in [0.15, 0.2) is 9.84 Å². The number of hydrogen-bond donors (Lipinski definition) is 2. The van der Waals surface area contributed by atoms with E-state index in [0.29, 0.717) is 19.6 Å². The van der Waals surface area contributed by atoms with Gasteiger partial charge in [-0.15, -0.1) is 0 Å². The first-order valence-electron chi connectivity index (χ1n) is 5.96. The number of amides is 2. The second-order valence-corrected chi connectivity index (χ2v) is 8.17. The molecule has 7 heteroatoms. The first-order chi connectivity index (χ1) is 8.08. The van der Waals surface area contributed by atoms with Crippen LogP contribution in [0.2, 0.25) is 0 Å². The standard InChI is InChI=1S/C11H25N3O3S/c1-11(2,3)18(16,17)9-8-12-6-7-13-10(15)14(4)5/h12H,6-9H2,1-5H3,(H,13,15). The summed E-state index contributed by atoms with van der Waals surface area (Å²) in [4.78, 5) is 12.6. The van der Waals surface area contributed by atoms with Crippen LogP contribution in [-0.2, 0) is 9.84 Å². The van der Waals surface area contributed by atoms with Crippen LogP contribution in [0.15, 0.2) is 0 Å². The Bertz CT molecular complexity index is 358. The van der Waals surface area contributed by atoms with Crippen LogP contribution in [0.3, 0.4) is 0 Å². The maximum Gasteiger partial charge on any atom is 0.316 e. The monoisotopic (exact) mass is 279 g/mol. The molecule has 18 heavy (non-hydrogen) atoms. The Labute approximate surface area is 110 Å². The fourth-order valence-electron chi connectivity index (χ4n) is 1.05. The van der Waals surface area contributed by atoms with E-state index in [0.717, 1.165) is 0 Å². The van der Waals surface area contributed by atoms with Crippen LogP contribution in [0.1, 0.15) is 20.8 Å². The lowest BCUT2D eigenvalue weighted by Crippen LogP contribution is -2.40. The van der Waals surface area contributed by atoms with E-state index in [1.54, 1.807) is 34.9 Å². The van der Waals surface area contributed by atoms with Crippen molar-refractivity contribution in [3.8, 4) is 0 Å². The van der Waals surface area contributed by atoms with Gasteiger partial charge in [0.05, 0.1) is 10.5 Å². The number of carbonyl (C=O) groups excluding carboxylic acids is 1. The zero-order chi connectivity index (χ0) is 14.4. The summed E-state index contributed by atoms with van der Waals surface area (Å²) in [6.45, 7) is 6.52. The minimum atomic E-state index is -3.07. The summed E-state index contributed by atoms with van der Waals surface area (Å²) in [7, 11) is 0.258. The van der Waals surface area contributed by atoms with Gasteiger partial charge in [-0.05, 0) is 20.8 Å². The van der Waals surface area contributed by atoms with Gasteiger partial charge in [0.2, 0.25) is 0 Å². The summed E-state index contributed by atoms with van der Waals surface area (Å²) in [5, 5.41) is 5.68. The van der Waals surface area contributed by atoms with Crippen molar-refractivity contribution in [1.29, 1.82) is 0 Å². The summed E-state index contributed by atoms with van der Waals surface area (Å²) in [5.41, 5.74) is 0. The van der Waals surface area contributed by atoms with Gasteiger partial charge in [-0.1, -0.05) is 0 Å². The van der Waals surface area contributed by atoms with Crippen LogP contribution in [0, 0.1) is 0 Å².